The number of rotatable bonds is 7. The molecule has 0 spiro atoms. The van der Waals surface area contributed by atoms with Crippen molar-refractivity contribution >= 4 is 5.96 Å². The van der Waals surface area contributed by atoms with Crippen LogP contribution in [0.2, 0.25) is 0 Å². The number of hydrogen-bond donors (Lipinski definition) is 2. The lowest BCUT2D eigenvalue weighted by Gasteiger charge is -2.16. The SMILES string of the molecule is CN=C(NCCCc1nc(C)no1)NCC(C)c1ccccc1. The maximum Gasteiger partial charge on any atom is 0.226 e. The molecule has 1 atom stereocenters. The fraction of sp³-hybridized carbons (Fsp3) is 0.471. The van der Waals surface area contributed by atoms with E-state index in [4.69, 9.17) is 4.52 Å². The summed E-state index contributed by atoms with van der Waals surface area (Å²) in [5.74, 6) is 2.61. The summed E-state index contributed by atoms with van der Waals surface area (Å²) in [7, 11) is 1.78. The van der Waals surface area contributed by atoms with Gasteiger partial charge in [0.1, 0.15) is 0 Å². The number of guanidine groups is 1. The van der Waals surface area contributed by atoms with Gasteiger partial charge < -0.3 is 15.2 Å². The molecule has 124 valence electrons. The quantitative estimate of drug-likeness (QED) is 0.466. The molecule has 1 aromatic carbocycles. The molecule has 0 aliphatic heterocycles. The van der Waals surface area contributed by atoms with Crippen molar-refractivity contribution in [3.05, 3.63) is 47.6 Å². The van der Waals surface area contributed by atoms with Crippen LogP contribution in [0.15, 0.2) is 39.8 Å². The summed E-state index contributed by atoms with van der Waals surface area (Å²) in [6.45, 7) is 5.67. The maximum absolute atomic E-state index is 5.09. The van der Waals surface area contributed by atoms with Crippen LogP contribution in [0.3, 0.4) is 0 Å². The second kappa shape index (κ2) is 8.92. The zero-order chi connectivity index (χ0) is 16.5. The summed E-state index contributed by atoms with van der Waals surface area (Å²) in [5, 5.41) is 10.4. The second-order valence-corrected chi connectivity index (χ2v) is 5.53. The average molecular weight is 315 g/mol. The molecule has 2 rings (SSSR count). The number of aryl methyl sites for hydroxylation is 2. The zero-order valence-corrected chi connectivity index (χ0v) is 14.0. The standard InChI is InChI=1S/C17H25N5O/c1-13(15-8-5-4-6-9-15)12-20-17(18-3)19-11-7-10-16-21-14(2)22-23-16/h4-6,8-9,13H,7,10-12H2,1-3H3,(H2,18,19,20). The smallest absolute Gasteiger partial charge is 0.226 e. The molecule has 6 nitrogen and oxygen atoms in total. The molecule has 0 bridgehead atoms. The van der Waals surface area contributed by atoms with Gasteiger partial charge in [-0.3, -0.25) is 4.99 Å². The predicted molar refractivity (Wildman–Crippen MR) is 91.6 cm³/mol. The van der Waals surface area contributed by atoms with Gasteiger partial charge in [0.15, 0.2) is 11.8 Å². The largest absolute Gasteiger partial charge is 0.356 e. The van der Waals surface area contributed by atoms with E-state index in [9.17, 15) is 0 Å². The Kier molecular flexibility index (Phi) is 6.59. The summed E-state index contributed by atoms with van der Waals surface area (Å²) >= 11 is 0. The Morgan fingerprint density at radius 3 is 2.70 bits per heavy atom. The number of nitrogens with zero attached hydrogens (tertiary/aromatic N) is 3. The first-order chi connectivity index (χ1) is 11.2. The molecule has 0 saturated heterocycles. The minimum Gasteiger partial charge on any atom is -0.356 e. The van der Waals surface area contributed by atoms with Crippen LogP contribution in [0.5, 0.6) is 0 Å². The van der Waals surface area contributed by atoms with Crippen LogP contribution in [0.25, 0.3) is 0 Å². The van der Waals surface area contributed by atoms with Gasteiger partial charge in [-0.15, -0.1) is 0 Å². The van der Waals surface area contributed by atoms with Crippen LogP contribution in [-0.4, -0.2) is 36.2 Å². The van der Waals surface area contributed by atoms with Crippen molar-refractivity contribution in [2.75, 3.05) is 20.1 Å². The fourth-order valence-electron chi connectivity index (χ4n) is 2.26. The fourth-order valence-corrected chi connectivity index (χ4v) is 2.26. The normalized spacial score (nSPS) is 12.9. The van der Waals surface area contributed by atoms with E-state index in [0.29, 0.717) is 17.6 Å². The second-order valence-electron chi connectivity index (χ2n) is 5.53. The van der Waals surface area contributed by atoms with Crippen molar-refractivity contribution < 1.29 is 4.52 Å². The topological polar surface area (TPSA) is 75.3 Å². The molecule has 2 N–H and O–H groups in total. The molecule has 1 heterocycles. The lowest BCUT2D eigenvalue weighted by molar-refractivity contribution is 0.372. The predicted octanol–water partition coefficient (Wildman–Crippen LogP) is 2.28. The number of aliphatic imine (C=N–C) groups is 1. The third-order valence-corrected chi connectivity index (χ3v) is 3.60. The highest BCUT2D eigenvalue weighted by Crippen LogP contribution is 2.12. The van der Waals surface area contributed by atoms with Gasteiger partial charge in [-0.05, 0) is 24.8 Å². The van der Waals surface area contributed by atoms with Crippen LogP contribution in [0.4, 0.5) is 0 Å². The number of benzene rings is 1. The lowest BCUT2D eigenvalue weighted by Crippen LogP contribution is -2.39. The molecule has 0 fully saturated rings. The molecule has 0 amide bonds. The minimum atomic E-state index is 0.427. The minimum absolute atomic E-state index is 0.427. The first-order valence-electron chi connectivity index (χ1n) is 7.97. The van der Waals surface area contributed by atoms with Gasteiger partial charge >= 0.3 is 0 Å². The summed E-state index contributed by atoms with van der Waals surface area (Å²) in [6.07, 6.45) is 1.68. The van der Waals surface area contributed by atoms with E-state index in [1.807, 2.05) is 13.0 Å². The van der Waals surface area contributed by atoms with Crippen molar-refractivity contribution in [1.29, 1.82) is 0 Å². The lowest BCUT2D eigenvalue weighted by atomic mass is 10.0. The van der Waals surface area contributed by atoms with Gasteiger partial charge in [0.2, 0.25) is 5.89 Å². The molecule has 23 heavy (non-hydrogen) atoms. The molecule has 6 heteroatoms. The highest BCUT2D eigenvalue weighted by atomic mass is 16.5. The number of aromatic nitrogens is 2. The molecule has 1 aromatic heterocycles. The molecule has 0 aliphatic rings. The van der Waals surface area contributed by atoms with Gasteiger partial charge in [-0.25, -0.2) is 0 Å². The molecule has 0 saturated carbocycles. The van der Waals surface area contributed by atoms with Gasteiger partial charge in [0.25, 0.3) is 0 Å². The van der Waals surface area contributed by atoms with Crippen LogP contribution in [-0.2, 0) is 6.42 Å². The van der Waals surface area contributed by atoms with E-state index in [2.05, 4.69) is 57.0 Å². The van der Waals surface area contributed by atoms with Crippen molar-refractivity contribution in [2.45, 2.75) is 32.6 Å². The third kappa shape index (κ3) is 5.73. The van der Waals surface area contributed by atoms with E-state index in [1.165, 1.54) is 5.56 Å². The van der Waals surface area contributed by atoms with Crippen molar-refractivity contribution in [3.8, 4) is 0 Å². The monoisotopic (exact) mass is 315 g/mol. The van der Waals surface area contributed by atoms with Crippen molar-refractivity contribution in [2.24, 2.45) is 4.99 Å². The highest BCUT2D eigenvalue weighted by molar-refractivity contribution is 5.79. The summed E-state index contributed by atoms with van der Waals surface area (Å²) in [4.78, 5) is 8.43. The van der Waals surface area contributed by atoms with E-state index in [0.717, 1.165) is 31.9 Å². The van der Waals surface area contributed by atoms with Crippen molar-refractivity contribution in [1.82, 2.24) is 20.8 Å². The average Bonchev–Trinajstić information content (AvgIpc) is 3.00. The Morgan fingerprint density at radius 2 is 2.04 bits per heavy atom. The molecule has 0 aliphatic carbocycles. The summed E-state index contributed by atoms with van der Waals surface area (Å²) in [5.41, 5.74) is 1.32. The molecule has 2 aromatic rings. The Labute approximate surface area is 137 Å². The first kappa shape index (κ1) is 17.0. The molecular formula is C17H25N5O. The Bertz CT molecular complexity index is 608. The van der Waals surface area contributed by atoms with E-state index >= 15 is 0 Å². The third-order valence-electron chi connectivity index (χ3n) is 3.60. The van der Waals surface area contributed by atoms with Crippen LogP contribution < -0.4 is 10.6 Å². The summed E-state index contributed by atoms with van der Waals surface area (Å²) < 4.78 is 5.09. The Hall–Kier alpha value is -2.37. The molecular weight excluding hydrogens is 290 g/mol. The number of nitrogens with one attached hydrogen (secondary N) is 2. The molecule has 1 unspecified atom stereocenters. The maximum atomic E-state index is 5.09. The van der Waals surface area contributed by atoms with Crippen LogP contribution in [0, 0.1) is 6.92 Å². The van der Waals surface area contributed by atoms with Crippen LogP contribution in [0.1, 0.15) is 36.5 Å². The summed E-state index contributed by atoms with van der Waals surface area (Å²) in [6, 6.07) is 10.5. The van der Waals surface area contributed by atoms with E-state index in [1.54, 1.807) is 7.05 Å². The molecule has 0 radical (unpaired) electrons. The van der Waals surface area contributed by atoms with E-state index < -0.39 is 0 Å². The first-order valence-corrected chi connectivity index (χ1v) is 7.97. The van der Waals surface area contributed by atoms with Gasteiger partial charge in [0.05, 0.1) is 0 Å². The van der Waals surface area contributed by atoms with E-state index in [-0.39, 0.29) is 0 Å². The number of hydrogen-bond acceptors (Lipinski definition) is 4. The van der Waals surface area contributed by atoms with Gasteiger partial charge in [-0.1, -0.05) is 42.4 Å². The zero-order valence-electron chi connectivity index (χ0n) is 14.0. The Morgan fingerprint density at radius 1 is 1.26 bits per heavy atom. The Balaban J connectivity index is 1.67. The van der Waals surface area contributed by atoms with Crippen molar-refractivity contribution in [3.63, 3.8) is 0 Å². The van der Waals surface area contributed by atoms with Gasteiger partial charge in [-0.2, -0.15) is 4.98 Å². The van der Waals surface area contributed by atoms with Gasteiger partial charge in [0, 0.05) is 26.6 Å². The highest BCUT2D eigenvalue weighted by Gasteiger charge is 2.06. The van der Waals surface area contributed by atoms with Crippen LogP contribution >= 0.6 is 0 Å².